The first-order chi connectivity index (χ1) is 7.83. The van der Waals surface area contributed by atoms with E-state index in [1.165, 1.54) is 0 Å². The van der Waals surface area contributed by atoms with E-state index in [1.54, 1.807) is 10.9 Å². The fraction of sp³-hybridized carbons (Fsp3) is 0.700. The Hall–Kier alpha value is -0.750. The van der Waals surface area contributed by atoms with E-state index in [2.05, 4.69) is 9.84 Å². The van der Waals surface area contributed by atoms with Gasteiger partial charge < -0.3 is 4.74 Å². The molecule has 1 aromatic heterocycles. The normalized spacial score (nSPS) is 14.0. The van der Waals surface area contributed by atoms with Crippen molar-refractivity contribution in [2.75, 3.05) is 6.61 Å². The quantitative estimate of drug-likeness (QED) is 0.818. The molecule has 0 aliphatic heterocycles. The lowest BCUT2D eigenvalue weighted by Gasteiger charge is -2.08. The van der Waals surface area contributed by atoms with Gasteiger partial charge in [-0.05, 0) is 13.3 Å². The number of ether oxygens (including phenoxy) is 1. The van der Waals surface area contributed by atoms with Crippen molar-refractivity contribution in [2.24, 2.45) is 0 Å². The monoisotopic (exact) mass is 270 g/mol. The Morgan fingerprint density at radius 2 is 2.18 bits per heavy atom. The molecule has 0 saturated heterocycles. The van der Waals surface area contributed by atoms with Crippen LogP contribution in [-0.2, 0) is 11.3 Å². The van der Waals surface area contributed by atoms with Crippen molar-refractivity contribution in [3.63, 3.8) is 0 Å². The molecule has 0 amide bonds. The van der Waals surface area contributed by atoms with Gasteiger partial charge in [-0.15, -0.1) is 0 Å². The van der Waals surface area contributed by atoms with Crippen LogP contribution in [0, 0.1) is 0 Å². The average molecular weight is 271 g/mol. The van der Waals surface area contributed by atoms with E-state index in [0.29, 0.717) is 10.7 Å². The smallest absolute Gasteiger partial charge is 0.366 e. The van der Waals surface area contributed by atoms with E-state index < -0.39 is 12.8 Å². The number of alkyl halides is 3. The molecule has 3 nitrogen and oxygen atoms in total. The van der Waals surface area contributed by atoms with Crippen molar-refractivity contribution in [2.45, 2.75) is 39.1 Å². The van der Waals surface area contributed by atoms with Crippen LogP contribution < -0.4 is 0 Å². The van der Waals surface area contributed by atoms with Gasteiger partial charge in [0.05, 0.1) is 11.6 Å². The summed E-state index contributed by atoms with van der Waals surface area (Å²) >= 11 is 5.85. The number of hydrogen-bond donors (Lipinski definition) is 0. The molecule has 0 aliphatic carbocycles. The minimum atomic E-state index is -4.33. The van der Waals surface area contributed by atoms with Crippen LogP contribution in [0.15, 0.2) is 6.20 Å². The first kappa shape index (κ1) is 14.3. The Morgan fingerprint density at radius 3 is 2.71 bits per heavy atom. The number of aromatic nitrogens is 2. The van der Waals surface area contributed by atoms with Gasteiger partial charge in [-0.2, -0.15) is 18.3 Å². The maximum atomic E-state index is 11.9. The van der Waals surface area contributed by atoms with Crippen LogP contribution in [0.4, 0.5) is 13.2 Å². The predicted molar refractivity (Wildman–Crippen MR) is 58.0 cm³/mol. The van der Waals surface area contributed by atoms with Crippen molar-refractivity contribution in [3.8, 4) is 0 Å². The van der Waals surface area contributed by atoms with Crippen LogP contribution in [0.3, 0.4) is 0 Å². The van der Waals surface area contributed by atoms with E-state index in [4.69, 9.17) is 11.6 Å². The third kappa shape index (κ3) is 4.55. The molecule has 1 heterocycles. The number of halogens is 4. The molecule has 17 heavy (non-hydrogen) atoms. The minimum Gasteiger partial charge on any atom is -0.366 e. The fourth-order valence-corrected chi connectivity index (χ4v) is 1.37. The first-order valence-electron chi connectivity index (χ1n) is 5.21. The van der Waals surface area contributed by atoms with E-state index in [1.807, 2.05) is 13.8 Å². The summed E-state index contributed by atoms with van der Waals surface area (Å²) in [6.45, 7) is 2.41. The molecule has 1 rings (SSSR count). The lowest BCUT2D eigenvalue weighted by atomic mass is 10.3. The number of rotatable bonds is 5. The van der Waals surface area contributed by atoms with Crippen molar-refractivity contribution in [1.29, 1.82) is 0 Å². The topological polar surface area (TPSA) is 27.1 Å². The molecular formula is C10H14ClF3N2O. The largest absolute Gasteiger partial charge is 0.411 e. The third-order valence-corrected chi connectivity index (χ3v) is 2.62. The lowest BCUT2D eigenvalue weighted by Crippen LogP contribution is -2.17. The SMILES string of the molecule is CCC(C)n1cc(Cl)c(COCC(F)(F)F)n1. The standard InChI is InChI=1S/C10H14ClF3N2O/c1-3-7(2)16-4-8(11)9(15-16)5-17-6-10(12,13)14/h4,7H,3,5-6H2,1-2H3. The molecule has 0 spiro atoms. The second-order valence-corrected chi connectivity index (χ2v) is 4.18. The Balaban J connectivity index is 2.57. The zero-order valence-electron chi connectivity index (χ0n) is 9.59. The molecule has 0 bridgehead atoms. The van der Waals surface area contributed by atoms with Crippen molar-refractivity contribution < 1.29 is 17.9 Å². The summed E-state index contributed by atoms with van der Waals surface area (Å²) in [5.74, 6) is 0. The van der Waals surface area contributed by atoms with Gasteiger partial charge in [0.1, 0.15) is 12.3 Å². The summed E-state index contributed by atoms with van der Waals surface area (Å²) in [6, 6.07) is 0.156. The molecule has 0 aliphatic rings. The Morgan fingerprint density at radius 1 is 1.53 bits per heavy atom. The summed E-state index contributed by atoms with van der Waals surface area (Å²) in [6.07, 6.45) is -1.87. The molecule has 1 atom stereocenters. The summed E-state index contributed by atoms with van der Waals surface area (Å²) in [5, 5.41) is 4.42. The van der Waals surface area contributed by atoms with Gasteiger partial charge in [-0.1, -0.05) is 18.5 Å². The van der Waals surface area contributed by atoms with E-state index in [9.17, 15) is 13.2 Å². The maximum absolute atomic E-state index is 11.9. The van der Waals surface area contributed by atoms with Crippen LogP contribution in [0.5, 0.6) is 0 Å². The van der Waals surface area contributed by atoms with Gasteiger partial charge in [-0.3, -0.25) is 4.68 Å². The van der Waals surface area contributed by atoms with Crippen molar-refractivity contribution >= 4 is 11.6 Å². The third-order valence-electron chi connectivity index (χ3n) is 2.30. The second-order valence-electron chi connectivity index (χ2n) is 3.77. The molecule has 0 fully saturated rings. The van der Waals surface area contributed by atoms with Gasteiger partial charge in [0, 0.05) is 12.2 Å². The average Bonchev–Trinajstić information content (AvgIpc) is 2.57. The molecule has 98 valence electrons. The van der Waals surface area contributed by atoms with Crippen LogP contribution in [-0.4, -0.2) is 22.6 Å². The first-order valence-corrected chi connectivity index (χ1v) is 5.59. The summed E-state index contributed by atoms with van der Waals surface area (Å²) < 4.78 is 41.7. The van der Waals surface area contributed by atoms with E-state index in [0.717, 1.165) is 6.42 Å². The van der Waals surface area contributed by atoms with Gasteiger partial charge in [0.2, 0.25) is 0 Å². The zero-order chi connectivity index (χ0) is 13.1. The van der Waals surface area contributed by atoms with Crippen molar-refractivity contribution in [3.05, 3.63) is 16.9 Å². The molecule has 1 unspecified atom stereocenters. The summed E-state index contributed by atoms with van der Waals surface area (Å²) in [5.41, 5.74) is 0.330. The highest BCUT2D eigenvalue weighted by Gasteiger charge is 2.27. The fourth-order valence-electron chi connectivity index (χ4n) is 1.18. The van der Waals surface area contributed by atoms with Crippen molar-refractivity contribution in [1.82, 2.24) is 9.78 Å². The molecular weight excluding hydrogens is 257 g/mol. The molecule has 0 aromatic carbocycles. The van der Waals surface area contributed by atoms with Crippen LogP contribution in [0.1, 0.15) is 32.0 Å². The number of hydrogen-bond acceptors (Lipinski definition) is 2. The van der Waals surface area contributed by atoms with Crippen LogP contribution in [0.2, 0.25) is 5.02 Å². The molecule has 1 aromatic rings. The summed E-state index contributed by atoms with van der Waals surface area (Å²) in [7, 11) is 0. The van der Waals surface area contributed by atoms with Gasteiger partial charge >= 0.3 is 6.18 Å². The van der Waals surface area contributed by atoms with Crippen LogP contribution in [0.25, 0.3) is 0 Å². The Bertz CT molecular complexity index is 365. The Labute approximate surface area is 103 Å². The van der Waals surface area contributed by atoms with Gasteiger partial charge in [-0.25, -0.2) is 0 Å². The molecule has 0 N–H and O–H groups in total. The number of nitrogens with zero attached hydrogens (tertiary/aromatic N) is 2. The van der Waals surface area contributed by atoms with Gasteiger partial charge in [0.25, 0.3) is 0 Å². The molecule has 0 radical (unpaired) electrons. The highest BCUT2D eigenvalue weighted by atomic mass is 35.5. The predicted octanol–water partition coefficient (Wildman–Crippen LogP) is 3.59. The summed E-state index contributed by atoms with van der Waals surface area (Å²) in [4.78, 5) is 0. The minimum absolute atomic E-state index is 0.156. The lowest BCUT2D eigenvalue weighted by molar-refractivity contribution is -0.176. The van der Waals surface area contributed by atoms with E-state index in [-0.39, 0.29) is 12.6 Å². The molecule has 0 saturated carbocycles. The highest BCUT2D eigenvalue weighted by molar-refractivity contribution is 6.31. The second kappa shape index (κ2) is 5.73. The Kier molecular flexibility index (Phi) is 4.82. The maximum Gasteiger partial charge on any atom is 0.411 e. The van der Waals surface area contributed by atoms with Gasteiger partial charge in [0.15, 0.2) is 0 Å². The van der Waals surface area contributed by atoms with E-state index >= 15 is 0 Å². The zero-order valence-corrected chi connectivity index (χ0v) is 10.3. The van der Waals surface area contributed by atoms with Crippen LogP contribution >= 0.6 is 11.6 Å². The molecule has 7 heteroatoms. The highest BCUT2D eigenvalue weighted by Crippen LogP contribution is 2.20.